The number of anilines is 2. The highest BCUT2D eigenvalue weighted by atomic mass is 19.1. The van der Waals surface area contributed by atoms with E-state index in [1.165, 1.54) is 12.1 Å². The highest BCUT2D eigenvalue weighted by Crippen LogP contribution is 2.19. The first-order chi connectivity index (χ1) is 12.4. The van der Waals surface area contributed by atoms with Crippen molar-refractivity contribution in [2.24, 2.45) is 0 Å². The quantitative estimate of drug-likeness (QED) is 0.786. The minimum absolute atomic E-state index is 0.0273. The van der Waals surface area contributed by atoms with Gasteiger partial charge in [-0.05, 0) is 49.7 Å². The average molecular weight is 357 g/mol. The molecule has 8 heteroatoms. The lowest BCUT2D eigenvalue weighted by Crippen LogP contribution is -2.31. The number of aryl methyl sites for hydroxylation is 1. The van der Waals surface area contributed by atoms with Crippen LogP contribution in [0.5, 0.6) is 0 Å². The topological polar surface area (TPSA) is 86.4 Å². The number of hydrogen-bond donors (Lipinski definition) is 3. The van der Waals surface area contributed by atoms with Crippen LogP contribution in [0.15, 0.2) is 36.5 Å². The van der Waals surface area contributed by atoms with Crippen LogP contribution < -0.4 is 16.0 Å². The minimum atomic E-state index is -0.500. The Morgan fingerprint density at radius 2 is 2.08 bits per heavy atom. The molecule has 26 heavy (non-hydrogen) atoms. The SMILES string of the molecule is Cc1ccc(NC(=O)Nc2cc(F)cc(CN3C(=O)NCC3C)c2)cn1. The number of carbonyl (C=O) groups is 2. The van der Waals surface area contributed by atoms with Crippen LogP contribution in [0.3, 0.4) is 0 Å². The Bertz CT molecular complexity index is 825. The van der Waals surface area contributed by atoms with Crippen molar-refractivity contribution in [2.75, 3.05) is 17.2 Å². The summed E-state index contributed by atoms with van der Waals surface area (Å²) in [7, 11) is 0. The van der Waals surface area contributed by atoms with E-state index in [-0.39, 0.29) is 18.6 Å². The Morgan fingerprint density at radius 1 is 1.31 bits per heavy atom. The van der Waals surface area contributed by atoms with E-state index >= 15 is 0 Å². The van der Waals surface area contributed by atoms with Gasteiger partial charge in [-0.2, -0.15) is 0 Å². The third kappa shape index (κ3) is 4.27. The molecule has 1 saturated heterocycles. The largest absolute Gasteiger partial charge is 0.336 e. The van der Waals surface area contributed by atoms with Crippen LogP contribution in [-0.4, -0.2) is 34.5 Å². The second-order valence-electron chi connectivity index (χ2n) is 6.28. The van der Waals surface area contributed by atoms with Crippen molar-refractivity contribution in [2.45, 2.75) is 26.4 Å². The molecule has 136 valence electrons. The highest BCUT2D eigenvalue weighted by molar-refractivity contribution is 5.99. The molecule has 1 atom stereocenters. The molecular formula is C18H20FN5O2. The molecule has 3 rings (SSSR count). The number of pyridine rings is 1. The number of hydrogen-bond acceptors (Lipinski definition) is 3. The van der Waals surface area contributed by atoms with E-state index in [1.807, 2.05) is 13.8 Å². The number of amides is 4. The van der Waals surface area contributed by atoms with Gasteiger partial charge in [-0.3, -0.25) is 4.98 Å². The van der Waals surface area contributed by atoms with Gasteiger partial charge in [-0.1, -0.05) is 0 Å². The minimum Gasteiger partial charge on any atom is -0.336 e. The summed E-state index contributed by atoms with van der Waals surface area (Å²) < 4.78 is 13.9. The van der Waals surface area contributed by atoms with Crippen molar-refractivity contribution in [1.29, 1.82) is 0 Å². The highest BCUT2D eigenvalue weighted by Gasteiger charge is 2.27. The van der Waals surface area contributed by atoms with Gasteiger partial charge in [0.05, 0.1) is 11.9 Å². The van der Waals surface area contributed by atoms with Gasteiger partial charge in [-0.25, -0.2) is 14.0 Å². The molecule has 7 nitrogen and oxygen atoms in total. The zero-order valence-corrected chi connectivity index (χ0v) is 14.5. The first-order valence-corrected chi connectivity index (χ1v) is 8.25. The van der Waals surface area contributed by atoms with Crippen molar-refractivity contribution in [3.05, 3.63) is 53.6 Å². The number of nitrogens with zero attached hydrogens (tertiary/aromatic N) is 2. The zero-order valence-electron chi connectivity index (χ0n) is 14.5. The van der Waals surface area contributed by atoms with Crippen LogP contribution in [0.4, 0.5) is 25.4 Å². The molecule has 4 amide bonds. The Kier molecular flexibility index (Phi) is 5.01. The van der Waals surface area contributed by atoms with Crippen LogP contribution in [0.25, 0.3) is 0 Å². The van der Waals surface area contributed by atoms with Gasteiger partial charge in [0.15, 0.2) is 0 Å². The maximum Gasteiger partial charge on any atom is 0.323 e. The normalized spacial score (nSPS) is 16.3. The number of aromatic nitrogens is 1. The molecule has 1 unspecified atom stereocenters. The standard InChI is InChI=1S/C18H20FN5O2/c1-11-3-4-15(9-20-11)22-17(25)23-16-6-13(5-14(19)7-16)10-24-12(2)8-21-18(24)26/h3-7,9,12H,8,10H2,1-2H3,(H,21,26)(H2,22,23,25). The molecule has 1 fully saturated rings. The first-order valence-electron chi connectivity index (χ1n) is 8.25. The molecule has 0 bridgehead atoms. The van der Waals surface area contributed by atoms with Gasteiger partial charge in [0.25, 0.3) is 0 Å². The average Bonchev–Trinajstić information content (AvgIpc) is 2.88. The Morgan fingerprint density at radius 3 is 2.73 bits per heavy atom. The van der Waals surface area contributed by atoms with Crippen LogP contribution in [-0.2, 0) is 6.54 Å². The summed E-state index contributed by atoms with van der Waals surface area (Å²) in [6.45, 7) is 4.59. The van der Waals surface area contributed by atoms with E-state index in [0.717, 1.165) is 5.69 Å². The third-order valence-corrected chi connectivity index (χ3v) is 4.08. The zero-order chi connectivity index (χ0) is 18.7. The molecule has 3 N–H and O–H groups in total. The number of urea groups is 2. The van der Waals surface area contributed by atoms with E-state index < -0.39 is 11.8 Å². The molecular weight excluding hydrogens is 337 g/mol. The smallest absolute Gasteiger partial charge is 0.323 e. The predicted molar refractivity (Wildman–Crippen MR) is 96.4 cm³/mol. The second kappa shape index (κ2) is 7.38. The molecule has 0 saturated carbocycles. The lowest BCUT2D eigenvalue weighted by molar-refractivity contribution is 0.204. The van der Waals surface area contributed by atoms with Gasteiger partial charge in [-0.15, -0.1) is 0 Å². The van der Waals surface area contributed by atoms with Crippen molar-refractivity contribution >= 4 is 23.4 Å². The van der Waals surface area contributed by atoms with Crippen LogP contribution in [0.2, 0.25) is 0 Å². The van der Waals surface area contributed by atoms with E-state index in [4.69, 9.17) is 0 Å². The molecule has 1 aromatic heterocycles. The lowest BCUT2D eigenvalue weighted by Gasteiger charge is -2.20. The molecule has 0 spiro atoms. The predicted octanol–water partition coefficient (Wildman–Crippen LogP) is 3.09. The fourth-order valence-corrected chi connectivity index (χ4v) is 2.72. The molecule has 0 aliphatic carbocycles. The van der Waals surface area contributed by atoms with Crippen molar-refractivity contribution in [3.63, 3.8) is 0 Å². The number of halogens is 1. The number of benzene rings is 1. The second-order valence-corrected chi connectivity index (χ2v) is 6.28. The fraction of sp³-hybridized carbons (Fsp3) is 0.278. The monoisotopic (exact) mass is 357 g/mol. The Balaban J connectivity index is 1.68. The van der Waals surface area contributed by atoms with E-state index in [0.29, 0.717) is 23.5 Å². The maximum atomic E-state index is 13.9. The van der Waals surface area contributed by atoms with Gasteiger partial charge in [0.2, 0.25) is 0 Å². The summed E-state index contributed by atoms with van der Waals surface area (Å²) >= 11 is 0. The van der Waals surface area contributed by atoms with Gasteiger partial charge < -0.3 is 20.9 Å². The summed E-state index contributed by atoms with van der Waals surface area (Å²) in [6.07, 6.45) is 1.54. The number of carbonyl (C=O) groups excluding carboxylic acids is 2. The summed E-state index contributed by atoms with van der Waals surface area (Å²) in [5, 5.41) is 7.97. The first kappa shape index (κ1) is 17.7. The summed E-state index contributed by atoms with van der Waals surface area (Å²) in [6, 6.07) is 7.08. The van der Waals surface area contributed by atoms with Crippen molar-refractivity contribution < 1.29 is 14.0 Å². The summed E-state index contributed by atoms with van der Waals surface area (Å²) in [5.74, 6) is -0.484. The van der Waals surface area contributed by atoms with Gasteiger partial charge >= 0.3 is 12.1 Å². The molecule has 1 aromatic carbocycles. The summed E-state index contributed by atoms with van der Waals surface area (Å²) in [5.41, 5.74) is 2.28. The van der Waals surface area contributed by atoms with Crippen LogP contribution in [0.1, 0.15) is 18.2 Å². The van der Waals surface area contributed by atoms with Crippen LogP contribution >= 0.6 is 0 Å². The van der Waals surface area contributed by atoms with E-state index in [9.17, 15) is 14.0 Å². The molecule has 0 radical (unpaired) electrons. The fourth-order valence-electron chi connectivity index (χ4n) is 2.72. The van der Waals surface area contributed by atoms with E-state index in [2.05, 4.69) is 20.9 Å². The van der Waals surface area contributed by atoms with Gasteiger partial charge in [0.1, 0.15) is 5.82 Å². The Hall–Kier alpha value is -3.16. The third-order valence-electron chi connectivity index (χ3n) is 4.08. The van der Waals surface area contributed by atoms with Crippen molar-refractivity contribution in [3.8, 4) is 0 Å². The molecule has 1 aliphatic rings. The lowest BCUT2D eigenvalue weighted by atomic mass is 10.1. The number of nitrogens with one attached hydrogen (secondary N) is 3. The van der Waals surface area contributed by atoms with Gasteiger partial charge in [0, 0.05) is 30.5 Å². The number of rotatable bonds is 4. The molecule has 2 heterocycles. The molecule has 2 aromatic rings. The maximum absolute atomic E-state index is 13.9. The van der Waals surface area contributed by atoms with E-state index in [1.54, 1.807) is 29.3 Å². The Labute approximate surface area is 150 Å². The van der Waals surface area contributed by atoms with Crippen LogP contribution in [0, 0.1) is 12.7 Å². The molecule has 1 aliphatic heterocycles. The van der Waals surface area contributed by atoms with Crippen molar-refractivity contribution in [1.82, 2.24) is 15.2 Å². The summed E-state index contributed by atoms with van der Waals surface area (Å²) in [4.78, 5) is 29.6.